The Bertz CT molecular complexity index is 1150. The van der Waals surface area contributed by atoms with Gasteiger partial charge in [-0.05, 0) is 47.9 Å². The average molecular weight is 444 g/mol. The molecule has 0 unspecified atom stereocenters. The summed E-state index contributed by atoms with van der Waals surface area (Å²) in [5.41, 5.74) is 3.02. The van der Waals surface area contributed by atoms with Gasteiger partial charge in [-0.1, -0.05) is 43.7 Å². The van der Waals surface area contributed by atoms with Crippen molar-refractivity contribution in [2.75, 3.05) is 19.1 Å². The van der Waals surface area contributed by atoms with E-state index in [1.54, 1.807) is 24.9 Å². The van der Waals surface area contributed by atoms with E-state index < -0.39 is 0 Å². The SMILES string of the molecule is CCC/C=C/c1nc(N(Cc2ccc(OC)cc2)Cc2ccc(OC)cc2)c2nccn2n1. The number of anilines is 1. The molecule has 0 bridgehead atoms. The first-order valence-electron chi connectivity index (χ1n) is 11.1. The van der Waals surface area contributed by atoms with Gasteiger partial charge in [-0.2, -0.15) is 0 Å². The van der Waals surface area contributed by atoms with Crippen LogP contribution in [0, 0.1) is 0 Å². The molecule has 170 valence electrons. The molecule has 0 saturated heterocycles. The van der Waals surface area contributed by atoms with E-state index in [1.807, 2.05) is 36.5 Å². The predicted octanol–water partition coefficient (Wildman–Crippen LogP) is 5.16. The second-order valence-electron chi connectivity index (χ2n) is 7.73. The molecule has 0 saturated carbocycles. The molecule has 0 aliphatic rings. The number of methoxy groups -OCH3 is 2. The first kappa shape index (κ1) is 22.3. The fourth-order valence-electron chi connectivity index (χ4n) is 3.58. The Morgan fingerprint density at radius 3 is 2.06 bits per heavy atom. The fraction of sp³-hybridized carbons (Fsp3) is 0.269. The van der Waals surface area contributed by atoms with Crippen LogP contribution in [0.2, 0.25) is 0 Å². The molecule has 7 nitrogen and oxygen atoms in total. The number of unbranched alkanes of at least 4 members (excludes halogenated alkanes) is 1. The zero-order valence-corrected chi connectivity index (χ0v) is 19.3. The molecule has 0 aliphatic carbocycles. The van der Waals surface area contributed by atoms with Crippen LogP contribution in [0.4, 0.5) is 5.82 Å². The van der Waals surface area contributed by atoms with E-state index in [1.165, 1.54) is 0 Å². The second-order valence-corrected chi connectivity index (χ2v) is 7.73. The van der Waals surface area contributed by atoms with Crippen molar-refractivity contribution in [1.82, 2.24) is 19.6 Å². The largest absolute Gasteiger partial charge is 0.497 e. The quantitative estimate of drug-likeness (QED) is 0.337. The summed E-state index contributed by atoms with van der Waals surface area (Å²) in [6, 6.07) is 16.2. The molecule has 33 heavy (non-hydrogen) atoms. The summed E-state index contributed by atoms with van der Waals surface area (Å²) in [6.07, 6.45) is 9.77. The minimum atomic E-state index is 0.660. The molecule has 2 aromatic heterocycles. The maximum atomic E-state index is 5.32. The number of fused-ring (bicyclic) bond motifs is 1. The molecule has 0 aliphatic heterocycles. The van der Waals surface area contributed by atoms with Crippen molar-refractivity contribution in [3.05, 3.63) is 84.0 Å². The minimum Gasteiger partial charge on any atom is -0.497 e. The van der Waals surface area contributed by atoms with Crippen molar-refractivity contribution in [2.24, 2.45) is 0 Å². The summed E-state index contributed by atoms with van der Waals surface area (Å²) < 4.78 is 12.4. The number of ether oxygens (including phenoxy) is 2. The smallest absolute Gasteiger partial charge is 0.197 e. The van der Waals surface area contributed by atoms with Crippen LogP contribution in [0.5, 0.6) is 11.5 Å². The van der Waals surface area contributed by atoms with Gasteiger partial charge in [0.2, 0.25) is 0 Å². The van der Waals surface area contributed by atoms with Crippen LogP contribution in [0.15, 0.2) is 67.0 Å². The lowest BCUT2D eigenvalue weighted by molar-refractivity contribution is 0.414. The Kier molecular flexibility index (Phi) is 7.19. The van der Waals surface area contributed by atoms with Crippen molar-refractivity contribution in [3.8, 4) is 11.5 Å². The van der Waals surface area contributed by atoms with Gasteiger partial charge in [-0.3, -0.25) is 0 Å². The molecule has 7 heteroatoms. The number of benzene rings is 2. The molecule has 0 N–H and O–H groups in total. The summed E-state index contributed by atoms with van der Waals surface area (Å²) in [5, 5.41) is 4.61. The van der Waals surface area contributed by atoms with Crippen LogP contribution in [-0.4, -0.2) is 33.8 Å². The first-order valence-corrected chi connectivity index (χ1v) is 11.1. The molecule has 0 fully saturated rings. The number of allylic oxidation sites excluding steroid dienone is 1. The summed E-state index contributed by atoms with van der Waals surface area (Å²) in [4.78, 5) is 11.7. The Hall–Kier alpha value is -3.87. The first-order chi connectivity index (χ1) is 16.2. The van der Waals surface area contributed by atoms with E-state index in [0.29, 0.717) is 18.9 Å². The third-order valence-corrected chi connectivity index (χ3v) is 5.34. The van der Waals surface area contributed by atoms with Gasteiger partial charge in [0, 0.05) is 25.5 Å². The van der Waals surface area contributed by atoms with Crippen LogP contribution in [0.1, 0.15) is 36.7 Å². The summed E-state index contributed by atoms with van der Waals surface area (Å²) in [7, 11) is 3.35. The van der Waals surface area contributed by atoms with Crippen LogP contribution < -0.4 is 14.4 Å². The highest BCUT2D eigenvalue weighted by molar-refractivity contribution is 5.65. The van der Waals surface area contributed by atoms with Crippen molar-refractivity contribution >= 4 is 17.5 Å². The van der Waals surface area contributed by atoms with Crippen molar-refractivity contribution < 1.29 is 9.47 Å². The number of nitrogens with zero attached hydrogens (tertiary/aromatic N) is 5. The van der Waals surface area contributed by atoms with Crippen LogP contribution in [0.3, 0.4) is 0 Å². The lowest BCUT2D eigenvalue weighted by Crippen LogP contribution is -2.25. The molecule has 0 spiro atoms. The van der Waals surface area contributed by atoms with Gasteiger partial charge in [0.1, 0.15) is 11.5 Å². The maximum Gasteiger partial charge on any atom is 0.197 e. The summed E-state index contributed by atoms with van der Waals surface area (Å²) >= 11 is 0. The van der Waals surface area contributed by atoms with E-state index in [2.05, 4.69) is 52.2 Å². The van der Waals surface area contributed by atoms with Gasteiger partial charge in [0.25, 0.3) is 0 Å². The molecule has 4 aromatic rings. The molecule has 0 radical (unpaired) electrons. The average Bonchev–Trinajstić information content (AvgIpc) is 3.33. The Morgan fingerprint density at radius 2 is 1.52 bits per heavy atom. The van der Waals surface area contributed by atoms with Gasteiger partial charge in [-0.15, -0.1) is 5.10 Å². The molecule has 0 amide bonds. The lowest BCUT2D eigenvalue weighted by atomic mass is 10.1. The monoisotopic (exact) mass is 443 g/mol. The van der Waals surface area contributed by atoms with E-state index in [9.17, 15) is 0 Å². The van der Waals surface area contributed by atoms with E-state index >= 15 is 0 Å². The third-order valence-electron chi connectivity index (χ3n) is 5.34. The highest BCUT2D eigenvalue weighted by atomic mass is 16.5. The number of hydrogen-bond acceptors (Lipinski definition) is 6. The summed E-state index contributed by atoms with van der Waals surface area (Å²) in [6.45, 7) is 3.47. The highest BCUT2D eigenvalue weighted by Crippen LogP contribution is 2.24. The molecule has 2 heterocycles. The van der Waals surface area contributed by atoms with Gasteiger partial charge in [0.05, 0.1) is 14.2 Å². The third kappa shape index (κ3) is 5.49. The van der Waals surface area contributed by atoms with E-state index in [0.717, 1.165) is 46.9 Å². The lowest BCUT2D eigenvalue weighted by Gasteiger charge is -2.25. The number of rotatable bonds is 10. The molecule has 2 aromatic carbocycles. The topological polar surface area (TPSA) is 64.8 Å². The van der Waals surface area contributed by atoms with Crippen molar-refractivity contribution in [3.63, 3.8) is 0 Å². The van der Waals surface area contributed by atoms with E-state index in [-0.39, 0.29) is 0 Å². The van der Waals surface area contributed by atoms with Crippen LogP contribution >= 0.6 is 0 Å². The Balaban J connectivity index is 1.73. The number of imidazole rings is 1. The van der Waals surface area contributed by atoms with Gasteiger partial charge < -0.3 is 14.4 Å². The minimum absolute atomic E-state index is 0.660. The molecule has 4 rings (SSSR count). The van der Waals surface area contributed by atoms with Crippen LogP contribution in [-0.2, 0) is 13.1 Å². The predicted molar refractivity (Wildman–Crippen MR) is 131 cm³/mol. The zero-order valence-electron chi connectivity index (χ0n) is 19.3. The molecular weight excluding hydrogens is 414 g/mol. The molecule has 0 atom stereocenters. The molecular formula is C26H29N5O2. The van der Waals surface area contributed by atoms with Crippen molar-refractivity contribution in [2.45, 2.75) is 32.9 Å². The zero-order chi connectivity index (χ0) is 23.0. The van der Waals surface area contributed by atoms with Gasteiger partial charge in [-0.25, -0.2) is 14.5 Å². The van der Waals surface area contributed by atoms with E-state index in [4.69, 9.17) is 14.5 Å². The standard InChI is InChI=1S/C26H29N5O2/c1-4-5-6-7-24-28-26(25-27-16-17-31(25)29-24)30(18-20-8-12-22(32-2)13-9-20)19-21-10-14-23(33-3)15-11-21/h6-17H,4-5,18-19H2,1-3H3/b7-6+. The highest BCUT2D eigenvalue weighted by Gasteiger charge is 2.17. The van der Waals surface area contributed by atoms with Crippen molar-refractivity contribution in [1.29, 1.82) is 0 Å². The second kappa shape index (κ2) is 10.6. The summed E-state index contributed by atoms with van der Waals surface area (Å²) in [5.74, 6) is 3.12. The van der Waals surface area contributed by atoms with Gasteiger partial charge >= 0.3 is 0 Å². The fourth-order valence-corrected chi connectivity index (χ4v) is 3.58. The Morgan fingerprint density at radius 1 is 0.909 bits per heavy atom. The number of aromatic nitrogens is 4. The number of hydrogen-bond donors (Lipinski definition) is 0. The van der Waals surface area contributed by atoms with Crippen LogP contribution in [0.25, 0.3) is 11.7 Å². The Labute approximate surface area is 194 Å². The van der Waals surface area contributed by atoms with Gasteiger partial charge in [0.15, 0.2) is 17.3 Å². The normalized spacial score (nSPS) is 11.2. The maximum absolute atomic E-state index is 5.32.